The topological polar surface area (TPSA) is 70.2 Å². The number of nitrogens with one attached hydrogen (secondary N) is 2. The Hall–Kier alpha value is -1.92. The Morgan fingerprint density at radius 1 is 1.14 bits per heavy atom. The molecule has 198 valence electrons. The summed E-state index contributed by atoms with van der Waals surface area (Å²) in [7, 11) is -2.82. The van der Waals surface area contributed by atoms with E-state index in [0.717, 1.165) is 18.5 Å². The third-order valence-corrected chi connectivity index (χ3v) is 9.46. The predicted octanol–water partition coefficient (Wildman–Crippen LogP) is 7.33. The van der Waals surface area contributed by atoms with E-state index in [4.69, 9.17) is 23.2 Å². The zero-order chi connectivity index (χ0) is 26.2. The van der Waals surface area contributed by atoms with Crippen molar-refractivity contribution in [2.75, 3.05) is 37.1 Å². The molecular weight excluding hydrogens is 531 g/mol. The highest BCUT2D eigenvalue weighted by atomic mass is 35.5. The van der Waals surface area contributed by atoms with E-state index in [0.29, 0.717) is 33.8 Å². The van der Waals surface area contributed by atoms with Gasteiger partial charge >= 0.3 is 0 Å². The van der Waals surface area contributed by atoms with Gasteiger partial charge in [0, 0.05) is 29.2 Å². The maximum absolute atomic E-state index is 14.4. The van der Waals surface area contributed by atoms with Crippen molar-refractivity contribution < 1.29 is 8.96 Å². The second kappa shape index (κ2) is 10.7. The molecule has 0 amide bonds. The lowest BCUT2D eigenvalue weighted by Crippen LogP contribution is -2.32. The van der Waals surface area contributed by atoms with Crippen LogP contribution in [0.4, 0.5) is 21.8 Å². The predicted molar refractivity (Wildman–Crippen MR) is 152 cm³/mol. The summed E-state index contributed by atoms with van der Waals surface area (Å²) in [5.41, 5.74) is 4.20. The molecule has 0 saturated carbocycles. The van der Waals surface area contributed by atoms with Crippen molar-refractivity contribution in [2.24, 2.45) is 0 Å². The van der Waals surface area contributed by atoms with Crippen LogP contribution < -0.4 is 10.6 Å². The van der Waals surface area contributed by atoms with Gasteiger partial charge in [0.1, 0.15) is 12.2 Å². The molecular formula is C27H33Cl2FN5OP. The number of allylic oxidation sites excluding steroid dienone is 3. The molecule has 1 fully saturated rings. The summed E-state index contributed by atoms with van der Waals surface area (Å²) in [5, 5.41) is 4.99. The summed E-state index contributed by atoms with van der Waals surface area (Å²) >= 11 is 12.3. The van der Waals surface area contributed by atoms with Crippen LogP contribution >= 0.6 is 30.3 Å². The van der Waals surface area contributed by atoms with Gasteiger partial charge in [-0.2, -0.15) is 4.98 Å². The zero-order valence-electron chi connectivity index (χ0n) is 21.2. The van der Waals surface area contributed by atoms with Gasteiger partial charge < -0.3 is 20.1 Å². The molecule has 0 spiro atoms. The Bertz CT molecular complexity index is 1290. The van der Waals surface area contributed by atoms with E-state index in [1.165, 1.54) is 62.2 Å². The Morgan fingerprint density at radius 3 is 2.59 bits per heavy atom. The van der Waals surface area contributed by atoms with E-state index < -0.39 is 12.3 Å². The van der Waals surface area contributed by atoms with Crippen molar-refractivity contribution >= 4 is 47.8 Å². The van der Waals surface area contributed by atoms with Crippen LogP contribution in [0, 0.1) is 0 Å². The molecule has 2 heterocycles. The SMILES string of the molecule is CP(C)(=O)C1=C[C@@](F)(Cl)CC=C1Nc1nc(Nc2ccc3c(c2)CCC(N2CCCC2)CC3)ncc1Cl. The Labute approximate surface area is 228 Å². The van der Waals surface area contributed by atoms with Crippen molar-refractivity contribution in [2.45, 2.75) is 56.1 Å². The van der Waals surface area contributed by atoms with Crippen LogP contribution in [-0.4, -0.2) is 52.5 Å². The van der Waals surface area contributed by atoms with Crippen LogP contribution in [0.2, 0.25) is 5.02 Å². The number of nitrogens with zero attached hydrogens (tertiary/aromatic N) is 3. The quantitative estimate of drug-likeness (QED) is 0.218. The first-order valence-corrected chi connectivity index (χ1v) is 16.2. The van der Waals surface area contributed by atoms with Gasteiger partial charge in [-0.15, -0.1) is 0 Å². The maximum Gasteiger partial charge on any atom is 0.229 e. The highest BCUT2D eigenvalue weighted by Gasteiger charge is 2.33. The van der Waals surface area contributed by atoms with Crippen molar-refractivity contribution in [1.29, 1.82) is 0 Å². The molecule has 2 aliphatic carbocycles. The lowest BCUT2D eigenvalue weighted by Gasteiger charge is -2.26. The molecule has 6 nitrogen and oxygen atoms in total. The number of fused-ring (bicyclic) bond motifs is 1. The third-order valence-electron chi connectivity index (χ3n) is 7.39. The van der Waals surface area contributed by atoms with Crippen LogP contribution in [0.3, 0.4) is 0 Å². The van der Waals surface area contributed by atoms with Gasteiger partial charge in [-0.05, 0) is 94.3 Å². The Kier molecular flexibility index (Phi) is 7.70. The summed E-state index contributed by atoms with van der Waals surface area (Å²) < 4.78 is 27.3. The van der Waals surface area contributed by atoms with Gasteiger partial charge in [-0.1, -0.05) is 35.3 Å². The zero-order valence-corrected chi connectivity index (χ0v) is 23.6. The van der Waals surface area contributed by atoms with Crippen molar-refractivity contribution in [1.82, 2.24) is 14.9 Å². The summed E-state index contributed by atoms with van der Waals surface area (Å²) in [6.45, 7) is 5.63. The fourth-order valence-corrected chi connectivity index (χ4v) is 7.10. The molecule has 0 radical (unpaired) electrons. The van der Waals surface area contributed by atoms with Gasteiger partial charge in [0.05, 0.1) is 6.20 Å². The largest absolute Gasteiger partial charge is 0.338 e. The Balaban J connectivity index is 1.31. The third kappa shape index (κ3) is 6.39. The highest BCUT2D eigenvalue weighted by molar-refractivity contribution is 7.67. The van der Waals surface area contributed by atoms with Crippen molar-refractivity contribution in [3.05, 3.63) is 63.7 Å². The summed E-state index contributed by atoms with van der Waals surface area (Å²) in [4.78, 5) is 11.6. The maximum atomic E-state index is 14.4. The summed E-state index contributed by atoms with van der Waals surface area (Å²) in [6, 6.07) is 7.15. The molecule has 2 atom stereocenters. The lowest BCUT2D eigenvalue weighted by molar-refractivity contribution is 0.222. The fraction of sp³-hybridized carbons (Fsp3) is 0.481. The number of hydrogen-bond donors (Lipinski definition) is 2. The van der Waals surface area contributed by atoms with Crippen molar-refractivity contribution in [3.63, 3.8) is 0 Å². The smallest absolute Gasteiger partial charge is 0.229 e. The molecule has 2 aromatic rings. The normalized spacial score (nSPS) is 24.6. The number of anilines is 3. The molecule has 1 aliphatic heterocycles. The molecule has 0 bridgehead atoms. The number of hydrogen-bond acceptors (Lipinski definition) is 6. The van der Waals surface area contributed by atoms with Crippen LogP contribution in [0.15, 0.2) is 47.6 Å². The van der Waals surface area contributed by atoms with Gasteiger partial charge in [-0.3, -0.25) is 0 Å². The van der Waals surface area contributed by atoms with E-state index >= 15 is 0 Å². The second-order valence-corrected chi connectivity index (χ2v) is 14.8. The van der Waals surface area contributed by atoms with E-state index in [2.05, 4.69) is 43.7 Å². The number of aromatic nitrogens is 2. The van der Waals surface area contributed by atoms with E-state index in [-0.39, 0.29) is 6.42 Å². The van der Waals surface area contributed by atoms with Crippen molar-refractivity contribution in [3.8, 4) is 0 Å². The summed E-state index contributed by atoms with van der Waals surface area (Å²) in [6.07, 6.45) is 11.5. The molecule has 2 N–H and O–H groups in total. The first kappa shape index (κ1) is 26.7. The first-order chi connectivity index (χ1) is 17.6. The average molecular weight is 564 g/mol. The number of halogens is 3. The molecule has 37 heavy (non-hydrogen) atoms. The molecule has 3 aliphatic rings. The van der Waals surface area contributed by atoms with Gasteiger partial charge in [0.25, 0.3) is 0 Å². The minimum Gasteiger partial charge on any atom is -0.338 e. The number of rotatable bonds is 6. The van der Waals surface area contributed by atoms with Crippen LogP contribution in [0.1, 0.15) is 43.2 Å². The van der Waals surface area contributed by atoms with Gasteiger partial charge in [0.2, 0.25) is 11.1 Å². The van der Waals surface area contributed by atoms with Gasteiger partial charge in [-0.25, -0.2) is 9.37 Å². The molecule has 1 saturated heterocycles. The number of aryl methyl sites for hydroxylation is 2. The van der Waals surface area contributed by atoms with Gasteiger partial charge in [0.15, 0.2) is 5.82 Å². The minimum atomic E-state index is -2.82. The average Bonchev–Trinajstić information content (AvgIpc) is 3.29. The lowest BCUT2D eigenvalue weighted by atomic mass is 10.0. The molecule has 1 aromatic heterocycles. The standard InChI is InChI=1S/C27H33Cl2FN5OP/c1-37(2,36)24-16-27(29,30)12-11-23(24)33-25-22(28)17-31-26(34-25)32-20-8-5-18-6-9-21(10-7-19(18)15-20)35-13-3-4-14-35/h5,8,11,15-17,21H,3-4,6-7,9-10,12-14H2,1-2H3,(H2,31,32,33,34)/t21?,27-/m1/s1. The summed E-state index contributed by atoms with van der Waals surface area (Å²) in [5.74, 6) is 0.722. The number of benzene rings is 1. The minimum absolute atomic E-state index is 0.0536. The molecule has 5 rings (SSSR count). The highest BCUT2D eigenvalue weighted by Crippen LogP contribution is 2.53. The van der Waals surface area contributed by atoms with E-state index in [9.17, 15) is 8.96 Å². The second-order valence-electron chi connectivity index (χ2n) is 10.6. The molecule has 1 aromatic carbocycles. The van der Waals surface area contributed by atoms with E-state index in [1.54, 1.807) is 19.4 Å². The number of alkyl halides is 2. The first-order valence-electron chi connectivity index (χ1n) is 12.9. The van der Waals surface area contributed by atoms with Crippen LogP contribution in [-0.2, 0) is 17.4 Å². The fourth-order valence-electron chi connectivity index (χ4n) is 5.45. The number of likely N-dealkylation sites (tertiary alicyclic amines) is 1. The molecule has 1 unspecified atom stereocenters. The Morgan fingerprint density at radius 2 is 1.86 bits per heavy atom. The molecule has 10 heteroatoms. The van der Waals surface area contributed by atoms with Crippen LogP contribution in [0.5, 0.6) is 0 Å². The van der Waals surface area contributed by atoms with E-state index in [1.807, 2.05) is 0 Å². The monoisotopic (exact) mass is 563 g/mol. The van der Waals surface area contributed by atoms with Crippen LogP contribution in [0.25, 0.3) is 0 Å².